The first-order valence-electron chi connectivity index (χ1n) is 9.88. The van der Waals surface area contributed by atoms with Gasteiger partial charge in [0.2, 0.25) is 5.95 Å². The van der Waals surface area contributed by atoms with Crippen LogP contribution in [0, 0.1) is 0 Å². The van der Waals surface area contributed by atoms with Crippen molar-refractivity contribution in [3.8, 4) is 0 Å². The third kappa shape index (κ3) is 3.47. The third-order valence-electron chi connectivity index (χ3n) is 5.66. The maximum Gasteiger partial charge on any atom is 0.254 e. The maximum absolute atomic E-state index is 13.1. The quantitative estimate of drug-likeness (QED) is 0.731. The van der Waals surface area contributed by atoms with Gasteiger partial charge in [0.15, 0.2) is 0 Å². The number of rotatable bonds is 2. The van der Waals surface area contributed by atoms with Crippen LogP contribution >= 0.6 is 0 Å². The fraction of sp³-hybridized carbons (Fsp3) is 0.261. The van der Waals surface area contributed by atoms with E-state index in [0.29, 0.717) is 31.7 Å². The Balaban J connectivity index is 1.39. The number of benzene rings is 2. The van der Waals surface area contributed by atoms with Crippen molar-refractivity contribution in [2.45, 2.75) is 19.4 Å². The first-order chi connectivity index (χ1) is 14.2. The van der Waals surface area contributed by atoms with E-state index in [1.807, 2.05) is 23.1 Å². The zero-order valence-electron chi connectivity index (χ0n) is 16.1. The largest absolute Gasteiger partial charge is 0.377 e. The SMILES string of the molecule is Nc1ncc2c(n1)CCN(C(=O)c1ccc3cc(C4=CCOCC4)ccc3c1)C2. The van der Waals surface area contributed by atoms with Gasteiger partial charge >= 0.3 is 0 Å². The minimum absolute atomic E-state index is 0.0330. The van der Waals surface area contributed by atoms with E-state index in [9.17, 15) is 4.79 Å². The summed E-state index contributed by atoms with van der Waals surface area (Å²) >= 11 is 0. The van der Waals surface area contributed by atoms with Crippen molar-refractivity contribution in [3.63, 3.8) is 0 Å². The van der Waals surface area contributed by atoms with Crippen LogP contribution in [-0.4, -0.2) is 40.5 Å². The molecule has 0 saturated carbocycles. The Morgan fingerprint density at radius 1 is 1.10 bits per heavy atom. The first-order valence-corrected chi connectivity index (χ1v) is 9.88. The van der Waals surface area contributed by atoms with E-state index in [0.717, 1.165) is 35.1 Å². The number of fused-ring (bicyclic) bond motifs is 2. The van der Waals surface area contributed by atoms with Crippen molar-refractivity contribution in [2.24, 2.45) is 0 Å². The number of nitrogen functional groups attached to an aromatic ring is 1. The van der Waals surface area contributed by atoms with Crippen LogP contribution in [0.3, 0.4) is 0 Å². The average Bonchev–Trinajstić information content (AvgIpc) is 2.78. The van der Waals surface area contributed by atoms with Gasteiger partial charge in [0.1, 0.15) is 0 Å². The predicted molar refractivity (Wildman–Crippen MR) is 112 cm³/mol. The van der Waals surface area contributed by atoms with Crippen LogP contribution in [0.1, 0.15) is 33.6 Å². The Kier molecular flexibility index (Phi) is 4.48. The summed E-state index contributed by atoms with van der Waals surface area (Å²) in [5.41, 5.74) is 10.8. The zero-order chi connectivity index (χ0) is 19.8. The van der Waals surface area contributed by atoms with Gasteiger partial charge in [-0.3, -0.25) is 4.79 Å². The van der Waals surface area contributed by atoms with Crippen molar-refractivity contribution in [2.75, 3.05) is 25.5 Å². The number of nitrogens with two attached hydrogens (primary N) is 1. The van der Waals surface area contributed by atoms with Crippen LogP contribution in [0.25, 0.3) is 16.3 Å². The standard InChI is InChI=1S/C23H22N4O2/c24-23-25-13-20-14-27(8-5-21(20)26-23)22(28)19-4-3-17-11-16(1-2-18(17)12-19)15-6-9-29-10-7-15/h1-4,6,11-13H,5,7-10,14H2,(H2,24,25,26). The fourth-order valence-electron chi connectivity index (χ4n) is 4.06. The summed E-state index contributed by atoms with van der Waals surface area (Å²) in [6, 6.07) is 12.4. The Labute approximate surface area is 169 Å². The number of anilines is 1. The average molecular weight is 386 g/mol. The van der Waals surface area contributed by atoms with E-state index in [2.05, 4.69) is 34.2 Å². The number of ether oxygens (including phenoxy) is 1. The molecule has 0 saturated heterocycles. The summed E-state index contributed by atoms with van der Waals surface area (Å²) in [7, 11) is 0. The van der Waals surface area contributed by atoms with Gasteiger partial charge in [0, 0.05) is 36.8 Å². The number of amides is 1. The van der Waals surface area contributed by atoms with Crippen LogP contribution < -0.4 is 5.73 Å². The van der Waals surface area contributed by atoms with Crippen molar-refractivity contribution in [1.29, 1.82) is 0 Å². The number of nitrogens with zero attached hydrogens (tertiary/aromatic N) is 3. The molecule has 2 aromatic carbocycles. The summed E-state index contributed by atoms with van der Waals surface area (Å²) in [5, 5.41) is 2.21. The highest BCUT2D eigenvalue weighted by Gasteiger charge is 2.23. The summed E-state index contributed by atoms with van der Waals surface area (Å²) in [6.07, 6.45) is 5.51. The maximum atomic E-state index is 13.1. The van der Waals surface area contributed by atoms with Gasteiger partial charge in [-0.05, 0) is 46.5 Å². The van der Waals surface area contributed by atoms with Crippen molar-refractivity contribution < 1.29 is 9.53 Å². The molecule has 2 aliphatic rings. The van der Waals surface area contributed by atoms with E-state index in [-0.39, 0.29) is 11.9 Å². The molecule has 146 valence electrons. The normalized spacial score (nSPS) is 16.4. The second kappa shape index (κ2) is 7.29. The summed E-state index contributed by atoms with van der Waals surface area (Å²) in [4.78, 5) is 23.3. The molecule has 0 spiro atoms. The number of carbonyl (C=O) groups is 1. The van der Waals surface area contributed by atoms with Crippen molar-refractivity contribution in [3.05, 3.63) is 71.1 Å². The lowest BCUT2D eigenvalue weighted by atomic mass is 9.97. The Hall–Kier alpha value is -3.25. The molecule has 6 heteroatoms. The summed E-state index contributed by atoms with van der Waals surface area (Å²) in [6.45, 7) is 2.60. The van der Waals surface area contributed by atoms with Gasteiger partial charge in [-0.15, -0.1) is 0 Å². The van der Waals surface area contributed by atoms with Gasteiger partial charge in [0.05, 0.1) is 18.9 Å². The highest BCUT2D eigenvalue weighted by atomic mass is 16.5. The van der Waals surface area contributed by atoms with Gasteiger partial charge in [0.25, 0.3) is 5.91 Å². The number of hydrogen-bond donors (Lipinski definition) is 1. The summed E-state index contributed by atoms with van der Waals surface area (Å²) < 4.78 is 5.40. The molecular weight excluding hydrogens is 364 g/mol. The molecule has 5 rings (SSSR count). The second-order valence-electron chi connectivity index (χ2n) is 7.51. The van der Waals surface area contributed by atoms with E-state index >= 15 is 0 Å². The van der Waals surface area contributed by atoms with Crippen LogP contribution in [-0.2, 0) is 17.7 Å². The molecule has 3 aromatic rings. The van der Waals surface area contributed by atoms with Crippen LogP contribution in [0.15, 0.2) is 48.7 Å². The van der Waals surface area contributed by atoms with E-state index < -0.39 is 0 Å². The molecule has 0 aliphatic carbocycles. The molecular formula is C23H22N4O2. The summed E-state index contributed by atoms with van der Waals surface area (Å²) in [5.74, 6) is 0.319. The van der Waals surface area contributed by atoms with Crippen LogP contribution in [0.5, 0.6) is 0 Å². The first kappa shape index (κ1) is 17.8. The Morgan fingerprint density at radius 2 is 1.97 bits per heavy atom. The molecule has 0 unspecified atom stereocenters. The lowest BCUT2D eigenvalue weighted by Crippen LogP contribution is -2.36. The molecule has 2 aliphatic heterocycles. The van der Waals surface area contributed by atoms with Gasteiger partial charge in [-0.2, -0.15) is 0 Å². The van der Waals surface area contributed by atoms with Gasteiger partial charge in [-0.1, -0.05) is 24.3 Å². The fourth-order valence-corrected chi connectivity index (χ4v) is 4.06. The number of hydrogen-bond acceptors (Lipinski definition) is 5. The van der Waals surface area contributed by atoms with E-state index in [4.69, 9.17) is 10.5 Å². The predicted octanol–water partition coefficient (Wildman–Crippen LogP) is 3.21. The van der Waals surface area contributed by atoms with Gasteiger partial charge < -0.3 is 15.4 Å². The second-order valence-corrected chi connectivity index (χ2v) is 7.51. The lowest BCUT2D eigenvalue weighted by Gasteiger charge is -2.28. The molecule has 1 aromatic heterocycles. The van der Waals surface area contributed by atoms with Crippen molar-refractivity contribution >= 4 is 28.2 Å². The highest BCUT2D eigenvalue weighted by molar-refractivity contribution is 5.99. The Bertz CT molecular complexity index is 1140. The van der Waals surface area contributed by atoms with Gasteiger partial charge in [-0.25, -0.2) is 9.97 Å². The minimum Gasteiger partial charge on any atom is -0.377 e. The van der Waals surface area contributed by atoms with Crippen LogP contribution in [0.4, 0.5) is 5.95 Å². The molecule has 1 amide bonds. The van der Waals surface area contributed by atoms with Crippen LogP contribution in [0.2, 0.25) is 0 Å². The van der Waals surface area contributed by atoms with E-state index in [1.54, 1.807) is 6.20 Å². The zero-order valence-corrected chi connectivity index (χ0v) is 16.1. The van der Waals surface area contributed by atoms with E-state index in [1.165, 1.54) is 11.1 Å². The third-order valence-corrected chi connectivity index (χ3v) is 5.66. The topological polar surface area (TPSA) is 81.3 Å². The lowest BCUT2D eigenvalue weighted by molar-refractivity contribution is 0.0733. The molecule has 3 heterocycles. The molecule has 2 N–H and O–H groups in total. The molecule has 0 fully saturated rings. The molecule has 0 bridgehead atoms. The number of aromatic nitrogens is 2. The smallest absolute Gasteiger partial charge is 0.254 e. The molecule has 6 nitrogen and oxygen atoms in total. The minimum atomic E-state index is 0.0330. The highest BCUT2D eigenvalue weighted by Crippen LogP contribution is 2.27. The van der Waals surface area contributed by atoms with Crippen molar-refractivity contribution in [1.82, 2.24) is 14.9 Å². The number of carbonyl (C=O) groups excluding carboxylic acids is 1. The molecule has 0 radical (unpaired) electrons. The monoisotopic (exact) mass is 386 g/mol. The Morgan fingerprint density at radius 3 is 2.83 bits per heavy atom. The molecule has 29 heavy (non-hydrogen) atoms. The molecule has 0 atom stereocenters.